The lowest BCUT2D eigenvalue weighted by Crippen LogP contribution is -2.36. The molecule has 0 unspecified atom stereocenters. The molecule has 6 heteroatoms. The number of aromatic nitrogens is 1. The molecule has 0 saturated carbocycles. The molecule has 124 valence electrons. The van der Waals surface area contributed by atoms with Gasteiger partial charge in [0.25, 0.3) is 0 Å². The fraction of sp³-hybridized carbons (Fsp3) is 0.278. The van der Waals surface area contributed by atoms with Crippen molar-refractivity contribution in [1.82, 2.24) is 9.88 Å². The highest BCUT2D eigenvalue weighted by Crippen LogP contribution is 2.24. The van der Waals surface area contributed by atoms with Crippen LogP contribution in [0.25, 0.3) is 0 Å². The van der Waals surface area contributed by atoms with Gasteiger partial charge in [0.2, 0.25) is 5.96 Å². The molecular weight excluding hydrogens is 300 g/mol. The highest BCUT2D eigenvalue weighted by atomic mass is 15.3. The minimum Gasteiger partial charge on any atom is -0.369 e. The summed E-state index contributed by atoms with van der Waals surface area (Å²) < 4.78 is 0. The number of hydrogen-bond donors (Lipinski definition) is 1. The number of nitrogens with two attached hydrogens (primary N) is 1. The number of pyridine rings is 1. The van der Waals surface area contributed by atoms with E-state index in [0.29, 0.717) is 5.69 Å². The number of anilines is 1. The van der Waals surface area contributed by atoms with E-state index in [0.717, 1.165) is 17.8 Å². The van der Waals surface area contributed by atoms with Gasteiger partial charge in [-0.1, -0.05) is 37.3 Å². The van der Waals surface area contributed by atoms with Crippen molar-refractivity contribution in [1.29, 1.82) is 5.26 Å². The molecular formula is C18H22N6. The van der Waals surface area contributed by atoms with Gasteiger partial charge in [0.05, 0.1) is 17.9 Å². The average molecular weight is 322 g/mol. The van der Waals surface area contributed by atoms with Crippen molar-refractivity contribution in [2.75, 3.05) is 19.0 Å². The largest absolute Gasteiger partial charge is 0.369 e. The van der Waals surface area contributed by atoms with Crippen LogP contribution in [0.4, 0.5) is 11.5 Å². The zero-order valence-corrected chi connectivity index (χ0v) is 14.2. The molecule has 0 spiro atoms. The van der Waals surface area contributed by atoms with Crippen LogP contribution in [0.3, 0.4) is 0 Å². The standard InChI is InChI=1S/C18H22N6/c1-4-16(14-8-6-5-7-9-14)24(13-19)18(20)22-15-10-11-17(21-12-15)23(2)3/h5-12,16H,4H2,1-3H3,(H2,20,22)/t16-/m1/s1. The van der Waals surface area contributed by atoms with Gasteiger partial charge in [0.1, 0.15) is 5.82 Å². The Morgan fingerprint density at radius 3 is 2.46 bits per heavy atom. The van der Waals surface area contributed by atoms with Crippen LogP contribution in [-0.4, -0.2) is 29.9 Å². The molecule has 0 aliphatic carbocycles. The Labute approximate surface area is 142 Å². The summed E-state index contributed by atoms with van der Waals surface area (Å²) in [6, 6.07) is 13.4. The van der Waals surface area contributed by atoms with E-state index in [2.05, 4.69) is 16.2 Å². The monoisotopic (exact) mass is 322 g/mol. The Bertz CT molecular complexity index is 715. The van der Waals surface area contributed by atoms with E-state index in [1.54, 1.807) is 6.20 Å². The van der Waals surface area contributed by atoms with Crippen LogP contribution in [0.15, 0.2) is 53.7 Å². The summed E-state index contributed by atoms with van der Waals surface area (Å²) in [5, 5.41) is 9.55. The maximum absolute atomic E-state index is 9.55. The van der Waals surface area contributed by atoms with Crippen molar-refractivity contribution >= 4 is 17.5 Å². The third-order valence-electron chi connectivity index (χ3n) is 3.67. The zero-order valence-electron chi connectivity index (χ0n) is 14.2. The topological polar surface area (TPSA) is 81.5 Å². The van der Waals surface area contributed by atoms with Gasteiger partial charge in [-0.15, -0.1) is 0 Å². The number of rotatable bonds is 5. The number of hydrogen-bond acceptors (Lipinski definition) is 4. The maximum atomic E-state index is 9.55. The SMILES string of the molecule is CC[C@H](c1ccccc1)N(C#N)C(N)=Nc1ccc(N(C)C)nc1. The van der Waals surface area contributed by atoms with Gasteiger partial charge < -0.3 is 10.6 Å². The van der Waals surface area contributed by atoms with Gasteiger partial charge in [0.15, 0.2) is 6.19 Å². The van der Waals surface area contributed by atoms with Crippen molar-refractivity contribution in [2.45, 2.75) is 19.4 Å². The van der Waals surface area contributed by atoms with Gasteiger partial charge in [-0.3, -0.25) is 0 Å². The molecule has 0 saturated heterocycles. The molecule has 0 amide bonds. The lowest BCUT2D eigenvalue weighted by atomic mass is 10.0. The van der Waals surface area contributed by atoms with Crippen molar-refractivity contribution < 1.29 is 0 Å². The second kappa shape index (κ2) is 7.97. The molecule has 6 nitrogen and oxygen atoms in total. The lowest BCUT2D eigenvalue weighted by Gasteiger charge is -2.25. The van der Waals surface area contributed by atoms with Crippen LogP contribution in [0.2, 0.25) is 0 Å². The number of nitrogens with zero attached hydrogens (tertiary/aromatic N) is 5. The summed E-state index contributed by atoms with van der Waals surface area (Å²) in [6.07, 6.45) is 4.53. The molecule has 1 heterocycles. The number of nitriles is 1. The van der Waals surface area contributed by atoms with Crippen LogP contribution in [-0.2, 0) is 0 Å². The van der Waals surface area contributed by atoms with E-state index in [4.69, 9.17) is 5.73 Å². The van der Waals surface area contributed by atoms with Crippen molar-refractivity contribution in [2.24, 2.45) is 10.7 Å². The minimum atomic E-state index is -0.144. The van der Waals surface area contributed by atoms with E-state index in [-0.39, 0.29) is 12.0 Å². The molecule has 0 aliphatic rings. The first-order chi connectivity index (χ1) is 11.6. The Morgan fingerprint density at radius 1 is 1.25 bits per heavy atom. The molecule has 0 bridgehead atoms. The first kappa shape index (κ1) is 17.3. The van der Waals surface area contributed by atoms with Crippen LogP contribution in [0.1, 0.15) is 24.9 Å². The van der Waals surface area contributed by atoms with Gasteiger partial charge in [-0.25, -0.2) is 14.9 Å². The molecule has 1 aromatic carbocycles. The highest BCUT2D eigenvalue weighted by molar-refractivity contribution is 5.82. The number of benzene rings is 1. The van der Waals surface area contributed by atoms with Crippen LogP contribution >= 0.6 is 0 Å². The predicted octanol–water partition coefficient (Wildman–Crippen LogP) is 3.03. The summed E-state index contributed by atoms with van der Waals surface area (Å²) in [5.74, 6) is 0.994. The molecule has 2 N–H and O–H groups in total. The molecule has 2 rings (SSSR count). The van der Waals surface area contributed by atoms with Crippen molar-refractivity contribution in [3.05, 3.63) is 54.2 Å². The third kappa shape index (κ3) is 4.02. The number of guanidine groups is 1. The van der Waals surface area contributed by atoms with Gasteiger partial charge >= 0.3 is 0 Å². The third-order valence-corrected chi connectivity index (χ3v) is 3.67. The molecule has 24 heavy (non-hydrogen) atoms. The van der Waals surface area contributed by atoms with Gasteiger partial charge in [-0.05, 0) is 24.1 Å². The minimum absolute atomic E-state index is 0.144. The Hall–Kier alpha value is -3.07. The molecule has 0 fully saturated rings. The second-order valence-electron chi connectivity index (χ2n) is 5.54. The molecule has 1 atom stereocenters. The summed E-state index contributed by atoms with van der Waals surface area (Å²) >= 11 is 0. The zero-order chi connectivity index (χ0) is 17.5. The molecule has 0 aliphatic heterocycles. The highest BCUT2D eigenvalue weighted by Gasteiger charge is 2.20. The first-order valence-corrected chi connectivity index (χ1v) is 7.78. The quantitative estimate of drug-likeness (QED) is 0.396. The van der Waals surface area contributed by atoms with E-state index in [1.807, 2.05) is 68.4 Å². The van der Waals surface area contributed by atoms with Crippen LogP contribution in [0.5, 0.6) is 0 Å². The van der Waals surface area contributed by atoms with Crippen molar-refractivity contribution in [3.63, 3.8) is 0 Å². The number of aliphatic imine (C=N–C) groups is 1. The Balaban J connectivity index is 2.27. The van der Waals surface area contributed by atoms with Gasteiger partial charge in [0, 0.05) is 14.1 Å². The predicted molar refractivity (Wildman–Crippen MR) is 96.8 cm³/mol. The Kier molecular flexibility index (Phi) is 5.74. The normalized spacial score (nSPS) is 12.3. The Morgan fingerprint density at radius 2 is 1.96 bits per heavy atom. The summed E-state index contributed by atoms with van der Waals surface area (Å²) in [6.45, 7) is 2.02. The summed E-state index contributed by atoms with van der Waals surface area (Å²) in [5.41, 5.74) is 7.73. The van der Waals surface area contributed by atoms with E-state index in [9.17, 15) is 5.26 Å². The smallest absolute Gasteiger partial charge is 0.210 e. The van der Waals surface area contributed by atoms with E-state index in [1.165, 1.54) is 4.90 Å². The second-order valence-corrected chi connectivity index (χ2v) is 5.54. The fourth-order valence-electron chi connectivity index (χ4n) is 2.42. The van der Waals surface area contributed by atoms with Crippen LogP contribution < -0.4 is 10.6 Å². The fourth-order valence-corrected chi connectivity index (χ4v) is 2.42. The molecule has 1 aromatic heterocycles. The van der Waals surface area contributed by atoms with Gasteiger partial charge in [-0.2, -0.15) is 5.26 Å². The van der Waals surface area contributed by atoms with Crippen LogP contribution in [0, 0.1) is 11.5 Å². The summed E-state index contributed by atoms with van der Waals surface area (Å²) in [4.78, 5) is 12.0. The maximum Gasteiger partial charge on any atom is 0.210 e. The average Bonchev–Trinajstić information content (AvgIpc) is 2.60. The molecule has 0 radical (unpaired) electrons. The van der Waals surface area contributed by atoms with E-state index >= 15 is 0 Å². The van der Waals surface area contributed by atoms with E-state index < -0.39 is 0 Å². The first-order valence-electron chi connectivity index (χ1n) is 7.78. The summed E-state index contributed by atoms with van der Waals surface area (Å²) in [7, 11) is 3.84. The van der Waals surface area contributed by atoms with Crippen molar-refractivity contribution in [3.8, 4) is 6.19 Å². The molecule has 2 aromatic rings. The lowest BCUT2D eigenvalue weighted by molar-refractivity contribution is 0.410.